The Labute approximate surface area is 143 Å². The number of amides is 1. The Balaban J connectivity index is 1.46. The summed E-state index contributed by atoms with van der Waals surface area (Å²) >= 11 is 1.66. The predicted molar refractivity (Wildman–Crippen MR) is 94.3 cm³/mol. The van der Waals surface area contributed by atoms with E-state index in [1.54, 1.807) is 11.3 Å². The zero-order valence-corrected chi connectivity index (χ0v) is 15.1. The Hall–Kier alpha value is -0.940. The molecule has 1 aromatic rings. The Morgan fingerprint density at radius 1 is 1.26 bits per heavy atom. The largest absolute Gasteiger partial charge is 0.341 e. The van der Waals surface area contributed by atoms with Crippen LogP contribution in [-0.2, 0) is 11.3 Å². The van der Waals surface area contributed by atoms with Gasteiger partial charge in [0.05, 0.1) is 11.2 Å². The van der Waals surface area contributed by atoms with Crippen LogP contribution in [0.2, 0.25) is 0 Å². The van der Waals surface area contributed by atoms with Gasteiger partial charge in [-0.05, 0) is 31.1 Å². The van der Waals surface area contributed by atoms with Crippen LogP contribution < -0.4 is 0 Å². The van der Waals surface area contributed by atoms with Crippen molar-refractivity contribution in [2.24, 2.45) is 11.8 Å². The van der Waals surface area contributed by atoms with E-state index in [9.17, 15) is 4.79 Å². The van der Waals surface area contributed by atoms with E-state index >= 15 is 0 Å². The number of hydrogen-bond donors (Lipinski definition) is 0. The molecule has 2 unspecified atom stereocenters. The van der Waals surface area contributed by atoms with Crippen LogP contribution in [0.1, 0.15) is 51.1 Å². The lowest BCUT2D eigenvalue weighted by Gasteiger charge is -2.29. The smallest absolute Gasteiger partial charge is 0.222 e. The van der Waals surface area contributed by atoms with E-state index < -0.39 is 0 Å². The van der Waals surface area contributed by atoms with E-state index in [-0.39, 0.29) is 0 Å². The molecule has 2 atom stereocenters. The normalized spacial score (nSPS) is 26.9. The van der Waals surface area contributed by atoms with Gasteiger partial charge in [0, 0.05) is 44.5 Å². The molecular formula is C18H29N3OS. The highest BCUT2D eigenvalue weighted by molar-refractivity contribution is 7.07. The number of carbonyl (C=O) groups excluding carboxylic acids is 1. The second-order valence-corrected chi connectivity index (χ2v) is 8.05. The molecule has 1 saturated heterocycles. The maximum atomic E-state index is 12.6. The number of nitrogens with zero attached hydrogens (tertiary/aromatic N) is 3. The van der Waals surface area contributed by atoms with Crippen molar-refractivity contribution in [1.82, 2.24) is 14.8 Å². The van der Waals surface area contributed by atoms with E-state index in [1.807, 2.05) is 5.51 Å². The fourth-order valence-electron chi connectivity index (χ4n) is 4.04. The average molecular weight is 336 g/mol. The van der Waals surface area contributed by atoms with Gasteiger partial charge in [0.1, 0.15) is 0 Å². The van der Waals surface area contributed by atoms with Gasteiger partial charge in [-0.25, -0.2) is 4.98 Å². The second kappa shape index (κ2) is 8.25. The van der Waals surface area contributed by atoms with Crippen molar-refractivity contribution in [2.75, 3.05) is 26.2 Å². The summed E-state index contributed by atoms with van der Waals surface area (Å²) in [6.45, 7) is 7.11. The monoisotopic (exact) mass is 335 g/mol. The van der Waals surface area contributed by atoms with Crippen LogP contribution in [0.4, 0.5) is 0 Å². The lowest BCUT2D eigenvalue weighted by molar-refractivity contribution is -0.132. The Kier molecular flexibility index (Phi) is 6.06. The molecule has 4 nitrogen and oxygen atoms in total. The quantitative estimate of drug-likeness (QED) is 0.846. The number of rotatable bonds is 4. The fraction of sp³-hybridized carbons (Fsp3) is 0.778. The summed E-state index contributed by atoms with van der Waals surface area (Å²) in [4.78, 5) is 21.6. The van der Waals surface area contributed by atoms with Crippen molar-refractivity contribution in [3.63, 3.8) is 0 Å². The summed E-state index contributed by atoms with van der Waals surface area (Å²) in [6, 6.07) is 0. The number of carbonyl (C=O) groups is 1. The summed E-state index contributed by atoms with van der Waals surface area (Å²) in [5, 5.41) is 2.12. The number of thiazole rings is 1. The molecule has 0 bridgehead atoms. The van der Waals surface area contributed by atoms with Crippen molar-refractivity contribution >= 4 is 17.2 Å². The minimum atomic E-state index is 0.389. The van der Waals surface area contributed by atoms with E-state index in [0.717, 1.165) is 57.2 Å². The fourth-order valence-corrected chi connectivity index (χ4v) is 4.59. The molecule has 1 amide bonds. The van der Waals surface area contributed by atoms with Gasteiger partial charge in [0.25, 0.3) is 0 Å². The average Bonchev–Trinajstić information content (AvgIpc) is 2.91. The summed E-state index contributed by atoms with van der Waals surface area (Å²) in [7, 11) is 0. The summed E-state index contributed by atoms with van der Waals surface area (Å²) in [5.41, 5.74) is 3.06. The van der Waals surface area contributed by atoms with Crippen LogP contribution >= 0.6 is 11.3 Å². The van der Waals surface area contributed by atoms with Crippen LogP contribution in [0.3, 0.4) is 0 Å². The van der Waals surface area contributed by atoms with E-state index in [4.69, 9.17) is 0 Å². The van der Waals surface area contributed by atoms with Gasteiger partial charge in [-0.15, -0.1) is 11.3 Å². The number of hydrogen-bond acceptors (Lipinski definition) is 4. The van der Waals surface area contributed by atoms with Gasteiger partial charge in [0.15, 0.2) is 0 Å². The molecule has 2 aliphatic rings. The maximum absolute atomic E-state index is 12.6. The minimum Gasteiger partial charge on any atom is -0.341 e. The van der Waals surface area contributed by atoms with Crippen molar-refractivity contribution in [1.29, 1.82) is 0 Å². The molecule has 0 aromatic carbocycles. The molecule has 0 N–H and O–H groups in total. The highest BCUT2D eigenvalue weighted by atomic mass is 32.1. The molecule has 0 radical (unpaired) electrons. The van der Waals surface area contributed by atoms with Crippen molar-refractivity contribution < 1.29 is 4.79 Å². The first-order valence-corrected chi connectivity index (χ1v) is 10.0. The highest BCUT2D eigenvalue weighted by Crippen LogP contribution is 2.31. The van der Waals surface area contributed by atoms with Crippen molar-refractivity contribution in [2.45, 2.75) is 52.0 Å². The van der Waals surface area contributed by atoms with Crippen LogP contribution in [0.15, 0.2) is 10.9 Å². The van der Waals surface area contributed by atoms with Crippen LogP contribution in [0.25, 0.3) is 0 Å². The molecule has 5 heteroatoms. The van der Waals surface area contributed by atoms with E-state index in [2.05, 4.69) is 27.1 Å². The zero-order valence-electron chi connectivity index (χ0n) is 14.2. The molecule has 2 heterocycles. The molecule has 3 rings (SSSR count). The first-order chi connectivity index (χ1) is 11.2. The molecule has 0 spiro atoms. The summed E-state index contributed by atoms with van der Waals surface area (Å²) in [6.07, 6.45) is 7.00. The third-order valence-corrected chi connectivity index (χ3v) is 5.95. The van der Waals surface area contributed by atoms with Gasteiger partial charge in [0.2, 0.25) is 5.91 Å². The van der Waals surface area contributed by atoms with Crippen molar-refractivity contribution in [3.05, 3.63) is 16.6 Å². The van der Waals surface area contributed by atoms with E-state index in [0.29, 0.717) is 11.8 Å². The zero-order chi connectivity index (χ0) is 16.1. The standard InChI is InChI=1S/C18H29N3OS/c1-15-4-2-5-16(10-15)11-18(22)21-7-3-6-20(8-9-21)12-17-13-23-14-19-17/h13-16H,2-12H2,1H3. The van der Waals surface area contributed by atoms with Gasteiger partial charge < -0.3 is 4.90 Å². The third-order valence-electron chi connectivity index (χ3n) is 5.32. The van der Waals surface area contributed by atoms with E-state index in [1.165, 1.54) is 25.7 Å². The molecular weight excluding hydrogens is 306 g/mol. The first kappa shape index (κ1) is 16.9. The predicted octanol–water partition coefficient (Wildman–Crippen LogP) is 3.39. The number of aromatic nitrogens is 1. The molecule has 1 aliphatic carbocycles. The molecule has 1 saturated carbocycles. The second-order valence-electron chi connectivity index (χ2n) is 7.33. The van der Waals surface area contributed by atoms with Gasteiger partial charge in [-0.2, -0.15) is 0 Å². The molecule has 128 valence electrons. The van der Waals surface area contributed by atoms with Gasteiger partial charge in [-0.3, -0.25) is 9.69 Å². The lowest BCUT2D eigenvalue weighted by Crippen LogP contribution is -2.36. The highest BCUT2D eigenvalue weighted by Gasteiger charge is 2.25. The Bertz CT molecular complexity index is 490. The minimum absolute atomic E-state index is 0.389. The maximum Gasteiger partial charge on any atom is 0.222 e. The summed E-state index contributed by atoms with van der Waals surface area (Å²) in [5.74, 6) is 1.82. The van der Waals surface area contributed by atoms with Crippen LogP contribution in [-0.4, -0.2) is 46.9 Å². The van der Waals surface area contributed by atoms with Crippen molar-refractivity contribution in [3.8, 4) is 0 Å². The van der Waals surface area contributed by atoms with Gasteiger partial charge in [-0.1, -0.05) is 19.8 Å². The Morgan fingerprint density at radius 3 is 2.96 bits per heavy atom. The molecule has 2 fully saturated rings. The molecule has 1 aliphatic heterocycles. The summed E-state index contributed by atoms with van der Waals surface area (Å²) < 4.78 is 0. The molecule has 1 aromatic heterocycles. The van der Waals surface area contributed by atoms with Crippen LogP contribution in [0, 0.1) is 11.8 Å². The van der Waals surface area contributed by atoms with Gasteiger partial charge >= 0.3 is 0 Å². The third kappa shape index (κ3) is 5.01. The Morgan fingerprint density at radius 2 is 2.17 bits per heavy atom. The molecule has 23 heavy (non-hydrogen) atoms. The lowest BCUT2D eigenvalue weighted by atomic mass is 9.80. The SMILES string of the molecule is CC1CCCC(CC(=O)N2CCCN(Cc3cscn3)CC2)C1. The van der Waals surface area contributed by atoms with Crippen LogP contribution in [0.5, 0.6) is 0 Å². The topological polar surface area (TPSA) is 36.4 Å². The first-order valence-electron chi connectivity index (χ1n) is 9.08.